The van der Waals surface area contributed by atoms with E-state index in [2.05, 4.69) is 31.2 Å². The van der Waals surface area contributed by atoms with Crippen LogP contribution in [0.4, 0.5) is 0 Å². The lowest BCUT2D eigenvalue weighted by Gasteiger charge is -2.40. The minimum absolute atomic E-state index is 0.234. The van der Waals surface area contributed by atoms with Crippen molar-refractivity contribution in [3.63, 3.8) is 0 Å². The molecule has 0 unspecified atom stereocenters. The summed E-state index contributed by atoms with van der Waals surface area (Å²) in [6, 6.07) is 35.7. The van der Waals surface area contributed by atoms with Gasteiger partial charge in [-0.05, 0) is 37.6 Å². The van der Waals surface area contributed by atoms with Crippen LogP contribution in [-0.2, 0) is 5.16 Å². The van der Waals surface area contributed by atoms with Crippen LogP contribution in [-0.4, -0.2) is 10.2 Å². The molecule has 29 heavy (non-hydrogen) atoms. The summed E-state index contributed by atoms with van der Waals surface area (Å²) in [5.41, 5.74) is 1.61. The van der Waals surface area contributed by atoms with Crippen molar-refractivity contribution in [1.82, 2.24) is 0 Å². The first-order valence-corrected chi connectivity index (χ1v) is 10.9. The number of para-hydroxylation sites is 2. The largest absolute Gasteiger partial charge is 0.508 e. The van der Waals surface area contributed by atoms with Gasteiger partial charge in [0.2, 0.25) is 0 Å². The van der Waals surface area contributed by atoms with Crippen LogP contribution in [0.1, 0.15) is 18.1 Å². The summed E-state index contributed by atoms with van der Waals surface area (Å²) in [6.45, 7) is 2.13. The third kappa shape index (κ3) is 3.52. The summed E-state index contributed by atoms with van der Waals surface area (Å²) >= 11 is 0. The molecule has 0 fully saturated rings. The average Bonchev–Trinajstić information content (AvgIpc) is 2.76. The van der Waals surface area contributed by atoms with E-state index in [1.165, 1.54) is 10.6 Å². The predicted octanol–water partition coefficient (Wildman–Crippen LogP) is 5.49. The molecule has 0 saturated heterocycles. The van der Waals surface area contributed by atoms with Crippen LogP contribution in [0.2, 0.25) is 0 Å². The van der Waals surface area contributed by atoms with E-state index in [1.54, 1.807) is 12.1 Å². The van der Waals surface area contributed by atoms with E-state index < -0.39 is 13.1 Å². The molecule has 0 aliphatic heterocycles. The molecule has 4 aromatic carbocycles. The zero-order chi connectivity index (χ0) is 20.3. The fourth-order valence-corrected chi connectivity index (χ4v) is 7.11. The van der Waals surface area contributed by atoms with Gasteiger partial charge in [0.15, 0.2) is 0 Å². The molecule has 0 aliphatic rings. The maximum absolute atomic E-state index is 10.9. The number of benzene rings is 4. The second-order valence-corrected chi connectivity index (χ2v) is 9.71. The Hall–Kier alpha value is -3.09. The van der Waals surface area contributed by atoms with Gasteiger partial charge in [-0.25, -0.2) is 0 Å². The Bertz CT molecular complexity index is 1010. The first kappa shape index (κ1) is 19.2. The molecule has 4 aromatic rings. The fraction of sp³-hybridized carbons (Fsp3) is 0.0769. The van der Waals surface area contributed by atoms with E-state index in [9.17, 15) is 10.2 Å². The lowest BCUT2D eigenvalue weighted by Crippen LogP contribution is -2.31. The van der Waals surface area contributed by atoms with Gasteiger partial charge in [0.1, 0.15) is 11.5 Å². The van der Waals surface area contributed by atoms with Crippen LogP contribution >= 0.6 is 7.92 Å². The van der Waals surface area contributed by atoms with Crippen molar-refractivity contribution in [3.8, 4) is 11.5 Å². The molecule has 2 nitrogen and oxygen atoms in total. The Morgan fingerprint density at radius 1 is 0.517 bits per heavy atom. The van der Waals surface area contributed by atoms with Crippen LogP contribution in [0.25, 0.3) is 0 Å². The van der Waals surface area contributed by atoms with Gasteiger partial charge in [0, 0.05) is 11.1 Å². The normalized spacial score (nSPS) is 11.5. The van der Waals surface area contributed by atoms with E-state index in [4.69, 9.17) is 0 Å². The topological polar surface area (TPSA) is 40.5 Å². The van der Waals surface area contributed by atoms with Gasteiger partial charge < -0.3 is 10.2 Å². The Morgan fingerprint density at radius 2 is 0.862 bits per heavy atom. The Kier molecular flexibility index (Phi) is 5.38. The maximum Gasteiger partial charge on any atom is 0.120 e. The Morgan fingerprint density at radius 3 is 1.24 bits per heavy atom. The molecular weight excluding hydrogens is 375 g/mol. The fourth-order valence-electron chi connectivity index (χ4n) is 3.98. The van der Waals surface area contributed by atoms with Crippen molar-refractivity contribution >= 4 is 18.5 Å². The van der Waals surface area contributed by atoms with Crippen molar-refractivity contribution in [2.45, 2.75) is 12.1 Å². The molecule has 0 radical (unpaired) electrons. The maximum atomic E-state index is 10.9. The first-order chi connectivity index (χ1) is 14.1. The summed E-state index contributed by atoms with van der Waals surface area (Å²) < 4.78 is 0. The number of hydrogen-bond acceptors (Lipinski definition) is 2. The second kappa shape index (κ2) is 8.11. The molecule has 0 heterocycles. The first-order valence-electron chi connectivity index (χ1n) is 9.59. The summed E-state index contributed by atoms with van der Waals surface area (Å²) in [5, 5.41) is 23.5. The van der Waals surface area contributed by atoms with Crippen molar-refractivity contribution in [3.05, 3.63) is 120 Å². The van der Waals surface area contributed by atoms with Gasteiger partial charge in [-0.3, -0.25) is 0 Å². The highest BCUT2D eigenvalue weighted by Crippen LogP contribution is 2.61. The predicted molar refractivity (Wildman–Crippen MR) is 122 cm³/mol. The van der Waals surface area contributed by atoms with Crippen LogP contribution in [0, 0.1) is 0 Å². The molecule has 0 spiro atoms. The summed E-state index contributed by atoms with van der Waals surface area (Å²) in [5.74, 6) is 0.468. The van der Waals surface area contributed by atoms with Gasteiger partial charge in [-0.1, -0.05) is 97.1 Å². The van der Waals surface area contributed by atoms with Gasteiger partial charge in [0.05, 0.1) is 5.16 Å². The second-order valence-electron chi connectivity index (χ2n) is 7.11. The number of hydrogen-bond donors (Lipinski definition) is 2. The van der Waals surface area contributed by atoms with Gasteiger partial charge >= 0.3 is 0 Å². The highest BCUT2D eigenvalue weighted by Gasteiger charge is 2.42. The zero-order valence-corrected chi connectivity index (χ0v) is 17.1. The molecule has 0 saturated carbocycles. The van der Waals surface area contributed by atoms with Gasteiger partial charge in [0.25, 0.3) is 0 Å². The standard InChI is InChI=1S/C26H23O2P/c1-26(22-16-8-10-18-24(22)27,23-17-9-11-19-25(23)28)29(20-12-4-2-5-13-20)21-14-6-3-7-15-21/h2-19,27-28H,1H3. The van der Waals surface area contributed by atoms with E-state index >= 15 is 0 Å². The molecular formula is C26H23O2P. The minimum atomic E-state index is -1.00. The molecule has 4 rings (SSSR count). The van der Waals surface area contributed by atoms with Crippen molar-refractivity contribution < 1.29 is 10.2 Å². The van der Waals surface area contributed by atoms with Gasteiger partial charge in [-0.15, -0.1) is 0 Å². The van der Waals surface area contributed by atoms with Crippen LogP contribution in [0.5, 0.6) is 11.5 Å². The van der Waals surface area contributed by atoms with E-state index in [-0.39, 0.29) is 11.5 Å². The summed E-state index contributed by atoms with van der Waals surface area (Å²) in [6.07, 6.45) is 0. The molecule has 0 bridgehead atoms. The average molecular weight is 398 g/mol. The number of aromatic hydroxyl groups is 2. The summed E-state index contributed by atoms with van der Waals surface area (Å²) in [7, 11) is -1.00. The quantitative estimate of drug-likeness (QED) is 0.436. The van der Waals surface area contributed by atoms with Crippen LogP contribution < -0.4 is 10.6 Å². The summed E-state index contributed by atoms with van der Waals surface area (Å²) in [4.78, 5) is 0. The van der Waals surface area contributed by atoms with Crippen molar-refractivity contribution in [2.75, 3.05) is 0 Å². The zero-order valence-electron chi connectivity index (χ0n) is 16.2. The lowest BCUT2D eigenvalue weighted by molar-refractivity contribution is 0.452. The van der Waals surface area contributed by atoms with Crippen LogP contribution in [0.3, 0.4) is 0 Å². The monoisotopic (exact) mass is 398 g/mol. The smallest absolute Gasteiger partial charge is 0.120 e. The molecule has 0 amide bonds. The molecule has 0 aliphatic carbocycles. The SMILES string of the molecule is CC(c1ccccc1O)(c1ccccc1O)P(c1ccccc1)c1ccccc1. The van der Waals surface area contributed by atoms with E-state index in [1.807, 2.05) is 72.8 Å². The van der Waals surface area contributed by atoms with Crippen LogP contribution in [0.15, 0.2) is 109 Å². The minimum Gasteiger partial charge on any atom is -0.508 e. The third-order valence-corrected chi connectivity index (χ3v) is 8.34. The Balaban J connectivity index is 2.08. The lowest BCUT2D eigenvalue weighted by atomic mass is 9.90. The number of phenolic OH excluding ortho intramolecular Hbond substituents is 2. The molecule has 3 heteroatoms. The van der Waals surface area contributed by atoms with Crippen molar-refractivity contribution in [2.24, 2.45) is 0 Å². The molecule has 144 valence electrons. The van der Waals surface area contributed by atoms with E-state index in [0.717, 1.165) is 11.1 Å². The van der Waals surface area contributed by atoms with E-state index in [0.29, 0.717) is 0 Å². The third-order valence-electron chi connectivity index (χ3n) is 5.33. The highest BCUT2D eigenvalue weighted by molar-refractivity contribution is 7.74. The van der Waals surface area contributed by atoms with Crippen molar-refractivity contribution in [1.29, 1.82) is 0 Å². The molecule has 0 aromatic heterocycles. The number of phenols is 2. The Labute approximate surface area is 172 Å². The van der Waals surface area contributed by atoms with Gasteiger partial charge in [-0.2, -0.15) is 0 Å². The molecule has 2 N–H and O–H groups in total. The highest BCUT2D eigenvalue weighted by atomic mass is 31.1. The molecule has 0 atom stereocenters. The number of rotatable bonds is 5.